The standard InChI is InChI=1S/C10H10O3S2/c1-7-6-14-10-8(7)4-3-5-9(10)13-15(2,11)12/h3-6H,1-2H3. The molecule has 0 aliphatic carbocycles. The minimum atomic E-state index is -3.45. The van der Waals surface area contributed by atoms with E-state index in [9.17, 15) is 8.42 Å². The maximum absolute atomic E-state index is 11.0. The van der Waals surface area contributed by atoms with Crippen molar-refractivity contribution in [3.63, 3.8) is 0 Å². The first-order chi connectivity index (χ1) is 6.97. The topological polar surface area (TPSA) is 43.4 Å². The van der Waals surface area contributed by atoms with Crippen LogP contribution in [0.15, 0.2) is 23.6 Å². The molecule has 15 heavy (non-hydrogen) atoms. The highest BCUT2D eigenvalue weighted by Crippen LogP contribution is 2.33. The first-order valence-electron chi connectivity index (χ1n) is 4.33. The molecule has 0 N–H and O–H groups in total. The van der Waals surface area contributed by atoms with Crippen molar-refractivity contribution in [1.29, 1.82) is 0 Å². The van der Waals surface area contributed by atoms with Crippen LogP contribution < -0.4 is 4.18 Å². The van der Waals surface area contributed by atoms with E-state index in [2.05, 4.69) is 0 Å². The Bertz CT molecular complexity index is 596. The lowest BCUT2D eigenvalue weighted by Crippen LogP contribution is -2.05. The van der Waals surface area contributed by atoms with Gasteiger partial charge in [-0.2, -0.15) is 8.42 Å². The molecule has 1 heterocycles. The van der Waals surface area contributed by atoms with Crippen molar-refractivity contribution in [2.75, 3.05) is 6.26 Å². The molecular formula is C10H10O3S2. The molecule has 0 atom stereocenters. The third kappa shape index (κ3) is 2.13. The van der Waals surface area contributed by atoms with Crippen LogP contribution in [0.1, 0.15) is 5.56 Å². The maximum atomic E-state index is 11.0. The molecule has 0 fully saturated rings. The zero-order valence-corrected chi connectivity index (χ0v) is 9.98. The monoisotopic (exact) mass is 242 g/mol. The second-order valence-corrected chi connectivity index (χ2v) is 5.79. The summed E-state index contributed by atoms with van der Waals surface area (Å²) in [5.41, 5.74) is 1.13. The Hall–Kier alpha value is -1.07. The van der Waals surface area contributed by atoms with E-state index in [-0.39, 0.29) is 0 Å². The average Bonchev–Trinajstić information content (AvgIpc) is 2.47. The van der Waals surface area contributed by atoms with E-state index in [1.165, 1.54) is 11.3 Å². The van der Waals surface area contributed by atoms with Crippen molar-refractivity contribution in [2.45, 2.75) is 6.92 Å². The predicted molar refractivity (Wildman–Crippen MR) is 62.0 cm³/mol. The maximum Gasteiger partial charge on any atom is 0.306 e. The Balaban J connectivity index is 2.62. The normalized spacial score (nSPS) is 11.9. The molecule has 0 saturated heterocycles. The summed E-state index contributed by atoms with van der Waals surface area (Å²) >= 11 is 1.49. The smallest absolute Gasteiger partial charge is 0.306 e. The number of aryl methyl sites for hydroxylation is 1. The summed E-state index contributed by atoms with van der Waals surface area (Å²) < 4.78 is 27.9. The lowest BCUT2D eigenvalue weighted by Gasteiger charge is -2.03. The van der Waals surface area contributed by atoms with E-state index in [0.29, 0.717) is 5.75 Å². The molecule has 1 aromatic carbocycles. The molecule has 2 aromatic rings. The van der Waals surface area contributed by atoms with Gasteiger partial charge in [0.2, 0.25) is 0 Å². The van der Waals surface area contributed by atoms with Gasteiger partial charge in [0, 0.05) is 0 Å². The molecule has 5 heteroatoms. The third-order valence-electron chi connectivity index (χ3n) is 2.00. The number of thiophene rings is 1. The van der Waals surface area contributed by atoms with E-state index < -0.39 is 10.1 Å². The van der Waals surface area contributed by atoms with Gasteiger partial charge < -0.3 is 4.18 Å². The van der Waals surface area contributed by atoms with Gasteiger partial charge in [0.05, 0.1) is 11.0 Å². The Kier molecular flexibility index (Phi) is 2.44. The molecule has 80 valence electrons. The van der Waals surface area contributed by atoms with E-state index in [4.69, 9.17) is 4.18 Å². The van der Waals surface area contributed by atoms with Gasteiger partial charge in [-0.1, -0.05) is 12.1 Å². The van der Waals surface area contributed by atoms with Gasteiger partial charge in [-0.25, -0.2) is 0 Å². The van der Waals surface area contributed by atoms with Gasteiger partial charge in [0.25, 0.3) is 0 Å². The molecule has 2 rings (SSSR count). The highest BCUT2D eigenvalue weighted by Gasteiger charge is 2.10. The first-order valence-corrected chi connectivity index (χ1v) is 7.03. The van der Waals surface area contributed by atoms with Crippen LogP contribution in [0.25, 0.3) is 10.1 Å². The molecule has 0 unspecified atom stereocenters. The van der Waals surface area contributed by atoms with Gasteiger partial charge in [0.15, 0.2) is 5.75 Å². The second kappa shape index (κ2) is 3.50. The fourth-order valence-corrected chi connectivity index (χ4v) is 2.91. The predicted octanol–water partition coefficient (Wildman–Crippen LogP) is 2.55. The molecule has 0 aliphatic heterocycles. The number of rotatable bonds is 2. The van der Waals surface area contributed by atoms with Crippen molar-refractivity contribution >= 4 is 31.5 Å². The summed E-state index contributed by atoms with van der Waals surface area (Å²) in [4.78, 5) is 0. The molecular weight excluding hydrogens is 232 g/mol. The molecule has 0 spiro atoms. The number of hydrogen-bond acceptors (Lipinski definition) is 4. The lowest BCUT2D eigenvalue weighted by molar-refractivity contribution is 0.496. The minimum absolute atomic E-state index is 0.410. The van der Waals surface area contributed by atoms with Crippen LogP contribution in [0.5, 0.6) is 5.75 Å². The molecule has 1 aromatic heterocycles. The van der Waals surface area contributed by atoms with Crippen LogP contribution in [0.4, 0.5) is 0 Å². The summed E-state index contributed by atoms with van der Waals surface area (Å²) in [6.45, 7) is 1.99. The highest BCUT2D eigenvalue weighted by atomic mass is 32.2. The van der Waals surface area contributed by atoms with E-state index in [0.717, 1.165) is 21.9 Å². The number of fused-ring (bicyclic) bond motifs is 1. The van der Waals surface area contributed by atoms with Crippen molar-refractivity contribution in [1.82, 2.24) is 0 Å². The van der Waals surface area contributed by atoms with Crippen LogP contribution in [0.2, 0.25) is 0 Å². The summed E-state index contributed by atoms with van der Waals surface area (Å²) in [5, 5.41) is 3.03. The molecule has 0 bridgehead atoms. The van der Waals surface area contributed by atoms with Crippen molar-refractivity contribution < 1.29 is 12.6 Å². The molecule has 0 amide bonds. The first kappa shape index (κ1) is 10.4. The molecule has 0 aliphatic rings. The Morgan fingerprint density at radius 2 is 2.07 bits per heavy atom. The van der Waals surface area contributed by atoms with Gasteiger partial charge >= 0.3 is 10.1 Å². The van der Waals surface area contributed by atoms with E-state index in [1.54, 1.807) is 12.1 Å². The zero-order chi connectivity index (χ0) is 11.1. The van der Waals surface area contributed by atoms with Gasteiger partial charge in [-0.3, -0.25) is 0 Å². The van der Waals surface area contributed by atoms with E-state index in [1.807, 2.05) is 18.4 Å². The van der Waals surface area contributed by atoms with E-state index >= 15 is 0 Å². The average molecular weight is 242 g/mol. The third-order valence-corrected chi connectivity index (χ3v) is 3.61. The Labute approximate surface area is 92.4 Å². The zero-order valence-electron chi connectivity index (χ0n) is 8.35. The van der Waals surface area contributed by atoms with Gasteiger partial charge in [0.1, 0.15) is 0 Å². The largest absolute Gasteiger partial charge is 0.381 e. The Morgan fingerprint density at radius 1 is 1.33 bits per heavy atom. The van der Waals surface area contributed by atoms with Crippen LogP contribution in [-0.2, 0) is 10.1 Å². The van der Waals surface area contributed by atoms with Crippen LogP contribution in [0.3, 0.4) is 0 Å². The lowest BCUT2D eigenvalue weighted by atomic mass is 10.2. The van der Waals surface area contributed by atoms with Gasteiger partial charge in [-0.05, 0) is 29.3 Å². The summed E-state index contributed by atoms with van der Waals surface area (Å²) in [6, 6.07) is 5.41. The summed E-state index contributed by atoms with van der Waals surface area (Å²) in [5.74, 6) is 0.410. The SMILES string of the molecule is Cc1csc2c(OS(C)(=O)=O)cccc12. The number of benzene rings is 1. The number of hydrogen-bond donors (Lipinski definition) is 0. The molecule has 3 nitrogen and oxygen atoms in total. The summed E-state index contributed by atoms with van der Waals surface area (Å²) in [6.07, 6.45) is 1.05. The minimum Gasteiger partial charge on any atom is -0.381 e. The van der Waals surface area contributed by atoms with Crippen LogP contribution >= 0.6 is 11.3 Å². The van der Waals surface area contributed by atoms with Gasteiger partial charge in [-0.15, -0.1) is 11.3 Å². The molecule has 0 radical (unpaired) electrons. The summed E-state index contributed by atoms with van der Waals surface area (Å²) in [7, 11) is -3.45. The van der Waals surface area contributed by atoms with Crippen molar-refractivity contribution in [3.05, 3.63) is 29.1 Å². The molecule has 0 saturated carbocycles. The highest BCUT2D eigenvalue weighted by molar-refractivity contribution is 7.86. The Morgan fingerprint density at radius 3 is 2.73 bits per heavy atom. The fraction of sp³-hybridized carbons (Fsp3) is 0.200. The van der Waals surface area contributed by atoms with Crippen LogP contribution in [0, 0.1) is 6.92 Å². The quantitative estimate of drug-likeness (QED) is 0.760. The fourth-order valence-electron chi connectivity index (χ4n) is 1.39. The van der Waals surface area contributed by atoms with Crippen LogP contribution in [-0.4, -0.2) is 14.7 Å². The van der Waals surface area contributed by atoms with Crippen molar-refractivity contribution in [3.8, 4) is 5.75 Å². The van der Waals surface area contributed by atoms with Crippen molar-refractivity contribution in [2.24, 2.45) is 0 Å². The second-order valence-electron chi connectivity index (χ2n) is 3.34.